The molecule has 3 N–H and O–H groups in total. The van der Waals surface area contributed by atoms with Crippen LogP contribution in [0.2, 0.25) is 10.0 Å². The van der Waals surface area contributed by atoms with E-state index in [2.05, 4.69) is 4.72 Å². The van der Waals surface area contributed by atoms with Crippen molar-refractivity contribution in [2.24, 2.45) is 5.73 Å². The van der Waals surface area contributed by atoms with Crippen LogP contribution in [0.1, 0.15) is 25.7 Å². The molecule has 0 spiro atoms. The number of halogens is 2. The van der Waals surface area contributed by atoms with Crippen molar-refractivity contribution >= 4 is 50.4 Å². The molecule has 2 rings (SSSR count). The van der Waals surface area contributed by atoms with Crippen LogP contribution in [-0.4, -0.2) is 18.9 Å². The molecule has 0 aliphatic heterocycles. The maximum absolute atomic E-state index is 12.4. The molecule has 1 fully saturated rings. The van der Waals surface area contributed by atoms with Crippen molar-refractivity contribution in [2.75, 3.05) is 0 Å². The van der Waals surface area contributed by atoms with E-state index in [4.69, 9.17) is 41.2 Å². The number of thiocarbonyl (C=S) groups is 1. The van der Waals surface area contributed by atoms with Gasteiger partial charge in [-0.3, -0.25) is 0 Å². The molecule has 0 atom stereocenters. The molecule has 1 aromatic carbocycles. The number of rotatable bonds is 4. The van der Waals surface area contributed by atoms with Crippen LogP contribution >= 0.6 is 35.4 Å². The van der Waals surface area contributed by atoms with Gasteiger partial charge in [0.2, 0.25) is 10.0 Å². The molecule has 0 saturated heterocycles. The van der Waals surface area contributed by atoms with Gasteiger partial charge < -0.3 is 5.73 Å². The summed E-state index contributed by atoms with van der Waals surface area (Å²) in [5.41, 5.74) is 4.90. The molecule has 110 valence electrons. The third-order valence-electron chi connectivity index (χ3n) is 3.46. The minimum atomic E-state index is -3.75. The summed E-state index contributed by atoms with van der Waals surface area (Å²) in [4.78, 5) is 0.230. The van der Waals surface area contributed by atoms with Crippen LogP contribution < -0.4 is 10.5 Å². The first-order valence-corrected chi connectivity index (χ1v) is 8.70. The van der Waals surface area contributed by atoms with Crippen molar-refractivity contribution in [2.45, 2.75) is 36.1 Å². The van der Waals surface area contributed by atoms with Gasteiger partial charge in [-0.2, -0.15) is 4.72 Å². The Hall–Kier alpha value is -0.400. The number of hydrogen-bond donors (Lipinski definition) is 2. The van der Waals surface area contributed by atoms with Gasteiger partial charge in [0.1, 0.15) is 0 Å². The summed E-state index contributed by atoms with van der Waals surface area (Å²) in [6.07, 6.45) is 3.01. The molecular weight excluding hydrogens is 339 g/mol. The summed E-state index contributed by atoms with van der Waals surface area (Å²) in [5, 5.41) is 0.487. The lowest BCUT2D eigenvalue weighted by Gasteiger charge is -2.28. The van der Waals surface area contributed by atoms with E-state index in [1.54, 1.807) is 0 Å². The maximum Gasteiger partial charge on any atom is 0.241 e. The normalized spacial score (nSPS) is 18.1. The number of nitrogens with two attached hydrogens (primary N) is 1. The Bertz CT molecular complexity index is 641. The topological polar surface area (TPSA) is 72.2 Å². The largest absolute Gasteiger partial charge is 0.392 e. The molecule has 8 heteroatoms. The maximum atomic E-state index is 12.4. The quantitative estimate of drug-likeness (QED) is 0.817. The van der Waals surface area contributed by atoms with Crippen molar-refractivity contribution in [3.63, 3.8) is 0 Å². The lowest BCUT2D eigenvalue weighted by Crippen LogP contribution is -2.54. The molecule has 1 aliphatic rings. The fourth-order valence-corrected chi connectivity index (χ4v) is 4.49. The third kappa shape index (κ3) is 3.09. The average Bonchev–Trinajstić information content (AvgIpc) is 2.81. The average molecular weight is 353 g/mol. The van der Waals surface area contributed by atoms with Gasteiger partial charge in [-0.1, -0.05) is 48.3 Å². The molecule has 1 aromatic rings. The highest BCUT2D eigenvalue weighted by atomic mass is 35.5. The van der Waals surface area contributed by atoms with Crippen LogP contribution in [0.3, 0.4) is 0 Å². The summed E-state index contributed by atoms with van der Waals surface area (Å²) in [6, 6.07) is 4.16. The van der Waals surface area contributed by atoms with Gasteiger partial charge >= 0.3 is 0 Å². The first kappa shape index (κ1) is 16.0. The minimum absolute atomic E-state index is 0.0504. The second-order valence-electron chi connectivity index (χ2n) is 4.83. The second kappa shape index (κ2) is 5.77. The van der Waals surface area contributed by atoms with Gasteiger partial charge in [-0.15, -0.1) is 0 Å². The fraction of sp³-hybridized carbons (Fsp3) is 0.417. The molecule has 0 amide bonds. The van der Waals surface area contributed by atoms with Crippen LogP contribution in [0.5, 0.6) is 0 Å². The van der Waals surface area contributed by atoms with Crippen LogP contribution in [0.15, 0.2) is 23.1 Å². The molecule has 1 aliphatic carbocycles. The van der Waals surface area contributed by atoms with E-state index in [-0.39, 0.29) is 14.9 Å². The summed E-state index contributed by atoms with van der Waals surface area (Å²) in [7, 11) is -3.75. The van der Waals surface area contributed by atoms with Crippen molar-refractivity contribution in [1.82, 2.24) is 4.72 Å². The third-order valence-corrected chi connectivity index (χ3v) is 6.12. The van der Waals surface area contributed by atoms with Crippen LogP contribution in [0.25, 0.3) is 0 Å². The zero-order valence-corrected chi connectivity index (χ0v) is 13.7. The van der Waals surface area contributed by atoms with E-state index in [0.29, 0.717) is 17.9 Å². The standard InChI is InChI=1S/C12H14Cl2N2O2S2/c13-9-4-3-8(7-10(9)14)20(17,18)16-12(11(15)19)5-1-2-6-12/h3-4,7,16H,1-2,5-6H2,(H2,15,19). The first-order chi connectivity index (χ1) is 9.27. The van der Waals surface area contributed by atoms with Gasteiger partial charge in [-0.05, 0) is 31.0 Å². The lowest BCUT2D eigenvalue weighted by atomic mass is 10.00. The Kier molecular flexibility index (Phi) is 4.61. The van der Waals surface area contributed by atoms with Gasteiger partial charge in [0.15, 0.2) is 0 Å². The Morgan fingerprint density at radius 3 is 2.35 bits per heavy atom. The van der Waals surface area contributed by atoms with Gasteiger partial charge in [0.05, 0.1) is 25.5 Å². The van der Waals surface area contributed by atoms with Gasteiger partial charge in [-0.25, -0.2) is 8.42 Å². The first-order valence-electron chi connectivity index (χ1n) is 6.06. The molecule has 0 radical (unpaired) electrons. The summed E-state index contributed by atoms with van der Waals surface area (Å²) >= 11 is 16.7. The Labute approximate surface area is 133 Å². The molecule has 0 unspecified atom stereocenters. The van der Waals surface area contributed by atoms with E-state index in [1.807, 2.05) is 0 Å². The highest BCUT2D eigenvalue weighted by molar-refractivity contribution is 7.89. The zero-order valence-electron chi connectivity index (χ0n) is 10.5. The second-order valence-corrected chi connectivity index (χ2v) is 7.77. The summed E-state index contributed by atoms with van der Waals surface area (Å²) in [5.74, 6) is 0. The van der Waals surface area contributed by atoms with Crippen molar-refractivity contribution < 1.29 is 8.42 Å². The molecular formula is C12H14Cl2N2O2S2. The fourth-order valence-electron chi connectivity index (χ4n) is 2.34. The number of hydrogen-bond acceptors (Lipinski definition) is 3. The van der Waals surface area contributed by atoms with Crippen LogP contribution in [-0.2, 0) is 10.0 Å². The van der Waals surface area contributed by atoms with E-state index < -0.39 is 15.6 Å². The van der Waals surface area contributed by atoms with E-state index in [1.165, 1.54) is 18.2 Å². The van der Waals surface area contributed by atoms with E-state index in [9.17, 15) is 8.42 Å². The molecule has 0 bridgehead atoms. The van der Waals surface area contributed by atoms with Crippen molar-refractivity contribution in [1.29, 1.82) is 0 Å². The highest BCUT2D eigenvalue weighted by Crippen LogP contribution is 2.32. The smallest absolute Gasteiger partial charge is 0.241 e. The molecule has 1 saturated carbocycles. The van der Waals surface area contributed by atoms with Crippen molar-refractivity contribution in [3.05, 3.63) is 28.2 Å². The van der Waals surface area contributed by atoms with Gasteiger partial charge in [0, 0.05) is 0 Å². The van der Waals surface area contributed by atoms with E-state index in [0.717, 1.165) is 12.8 Å². The van der Waals surface area contributed by atoms with Crippen LogP contribution in [0, 0.1) is 0 Å². The Morgan fingerprint density at radius 2 is 1.85 bits per heavy atom. The summed E-state index contributed by atoms with van der Waals surface area (Å²) in [6.45, 7) is 0. The Morgan fingerprint density at radius 1 is 1.25 bits per heavy atom. The highest BCUT2D eigenvalue weighted by Gasteiger charge is 2.40. The van der Waals surface area contributed by atoms with Crippen LogP contribution in [0.4, 0.5) is 0 Å². The zero-order chi connectivity index (χ0) is 15.0. The molecule has 20 heavy (non-hydrogen) atoms. The number of benzene rings is 1. The van der Waals surface area contributed by atoms with Gasteiger partial charge in [0.25, 0.3) is 0 Å². The minimum Gasteiger partial charge on any atom is -0.392 e. The SMILES string of the molecule is NC(=S)C1(NS(=O)(=O)c2ccc(Cl)c(Cl)c2)CCCC1. The monoisotopic (exact) mass is 352 g/mol. The number of nitrogens with one attached hydrogen (secondary N) is 1. The Balaban J connectivity index is 2.35. The lowest BCUT2D eigenvalue weighted by molar-refractivity contribution is 0.503. The molecule has 0 aromatic heterocycles. The predicted octanol–water partition coefficient (Wildman–Crippen LogP) is 2.87. The summed E-state index contributed by atoms with van der Waals surface area (Å²) < 4.78 is 27.5. The predicted molar refractivity (Wildman–Crippen MR) is 84.8 cm³/mol. The molecule has 4 nitrogen and oxygen atoms in total. The van der Waals surface area contributed by atoms with E-state index >= 15 is 0 Å². The number of sulfonamides is 1. The van der Waals surface area contributed by atoms with Crippen molar-refractivity contribution in [3.8, 4) is 0 Å². The molecule has 0 heterocycles.